The summed E-state index contributed by atoms with van der Waals surface area (Å²) in [4.78, 5) is 18.4. The molecule has 2 heterocycles. The Morgan fingerprint density at radius 3 is 2.86 bits per heavy atom. The van der Waals surface area contributed by atoms with Gasteiger partial charge < -0.3 is 4.74 Å². The van der Waals surface area contributed by atoms with Crippen LogP contribution in [0.1, 0.15) is 19.3 Å². The van der Waals surface area contributed by atoms with E-state index in [9.17, 15) is 4.79 Å². The molecule has 6 heteroatoms. The van der Waals surface area contributed by atoms with Gasteiger partial charge in [-0.1, -0.05) is 30.3 Å². The third-order valence-electron chi connectivity index (χ3n) is 3.52. The molecule has 1 aromatic heterocycles. The second kappa shape index (κ2) is 6.32. The van der Waals surface area contributed by atoms with Gasteiger partial charge in [0.2, 0.25) is 5.13 Å². The second-order valence-corrected chi connectivity index (χ2v) is 5.75. The molecule has 3 rings (SSSR count). The molecule has 0 radical (unpaired) electrons. The molecule has 1 saturated heterocycles. The van der Waals surface area contributed by atoms with Gasteiger partial charge in [-0.05, 0) is 19.3 Å². The van der Waals surface area contributed by atoms with Crippen molar-refractivity contribution in [3.05, 3.63) is 30.3 Å². The van der Waals surface area contributed by atoms with Crippen molar-refractivity contribution >= 4 is 22.6 Å². The third kappa shape index (κ3) is 3.11. The lowest BCUT2D eigenvalue weighted by atomic mass is 10.1. The smallest absolute Gasteiger partial charge is 0.257 e. The lowest BCUT2D eigenvalue weighted by Crippen LogP contribution is -2.39. The van der Waals surface area contributed by atoms with E-state index in [1.807, 2.05) is 30.3 Å². The van der Waals surface area contributed by atoms with E-state index in [0.717, 1.165) is 24.8 Å². The van der Waals surface area contributed by atoms with Gasteiger partial charge in [0, 0.05) is 30.8 Å². The Kier molecular flexibility index (Phi) is 4.26. The highest BCUT2D eigenvalue weighted by molar-refractivity contribution is 7.10. The molecule has 1 atom stereocenters. The Bertz CT molecular complexity index is 608. The molecule has 1 amide bonds. The van der Waals surface area contributed by atoms with E-state index in [1.165, 1.54) is 11.5 Å². The van der Waals surface area contributed by atoms with Gasteiger partial charge in [-0.3, -0.25) is 9.69 Å². The van der Waals surface area contributed by atoms with Crippen LogP contribution >= 0.6 is 11.5 Å². The Labute approximate surface area is 127 Å². The lowest BCUT2D eigenvalue weighted by Gasteiger charge is -2.25. The first kappa shape index (κ1) is 14.2. The quantitative estimate of drug-likeness (QED) is 0.875. The molecular weight excluding hydrogens is 286 g/mol. The van der Waals surface area contributed by atoms with Crippen LogP contribution in [0, 0.1) is 0 Å². The fraction of sp³-hybridized carbons (Fsp3) is 0.400. The summed E-state index contributed by atoms with van der Waals surface area (Å²) in [5, 5.41) is 0.605. The van der Waals surface area contributed by atoms with Crippen LogP contribution in [0.2, 0.25) is 0 Å². The van der Waals surface area contributed by atoms with E-state index < -0.39 is 0 Å². The molecule has 21 heavy (non-hydrogen) atoms. The number of aromatic nitrogens is 2. The number of amides is 1. The monoisotopic (exact) mass is 303 g/mol. The van der Waals surface area contributed by atoms with Gasteiger partial charge in [-0.2, -0.15) is 9.36 Å². The molecule has 0 spiro atoms. The molecule has 5 nitrogen and oxygen atoms in total. The van der Waals surface area contributed by atoms with Crippen molar-refractivity contribution in [1.29, 1.82) is 0 Å². The van der Waals surface area contributed by atoms with E-state index >= 15 is 0 Å². The maximum absolute atomic E-state index is 12.4. The van der Waals surface area contributed by atoms with Crippen LogP contribution in [0.15, 0.2) is 30.3 Å². The summed E-state index contributed by atoms with van der Waals surface area (Å²) >= 11 is 1.23. The van der Waals surface area contributed by atoms with Gasteiger partial charge in [-0.25, -0.2) is 0 Å². The van der Waals surface area contributed by atoms with E-state index in [0.29, 0.717) is 17.6 Å². The van der Waals surface area contributed by atoms with Gasteiger partial charge in [0.15, 0.2) is 5.82 Å². The van der Waals surface area contributed by atoms with Crippen LogP contribution in [0.5, 0.6) is 0 Å². The SMILES string of the molecule is CN(C(=O)C1CCCCO1)c1nc(-c2ccccc2)ns1. The number of carbonyl (C=O) groups is 1. The molecule has 1 fully saturated rings. The molecule has 1 aliphatic rings. The summed E-state index contributed by atoms with van der Waals surface area (Å²) < 4.78 is 9.87. The van der Waals surface area contributed by atoms with Crippen LogP contribution in [-0.4, -0.2) is 35.0 Å². The molecule has 2 aromatic rings. The molecule has 0 saturated carbocycles. The van der Waals surface area contributed by atoms with Crippen LogP contribution < -0.4 is 4.90 Å². The average Bonchev–Trinajstić information content (AvgIpc) is 3.05. The summed E-state index contributed by atoms with van der Waals surface area (Å²) in [6, 6.07) is 9.75. The zero-order chi connectivity index (χ0) is 14.7. The fourth-order valence-corrected chi connectivity index (χ4v) is 2.96. The van der Waals surface area contributed by atoms with E-state index in [2.05, 4.69) is 9.36 Å². The number of anilines is 1. The van der Waals surface area contributed by atoms with Crippen molar-refractivity contribution in [1.82, 2.24) is 9.36 Å². The third-order valence-corrected chi connectivity index (χ3v) is 4.31. The maximum atomic E-state index is 12.4. The second-order valence-electron chi connectivity index (χ2n) is 5.02. The zero-order valence-electron chi connectivity index (χ0n) is 11.9. The Balaban J connectivity index is 1.74. The fourth-order valence-electron chi connectivity index (χ4n) is 2.30. The molecule has 1 unspecified atom stereocenters. The first-order chi connectivity index (χ1) is 10.3. The first-order valence-electron chi connectivity index (χ1n) is 7.04. The molecule has 0 N–H and O–H groups in total. The number of nitrogens with zero attached hydrogens (tertiary/aromatic N) is 3. The highest BCUT2D eigenvalue weighted by atomic mass is 32.1. The number of rotatable bonds is 3. The Hall–Kier alpha value is -1.79. The van der Waals surface area contributed by atoms with Gasteiger partial charge in [-0.15, -0.1) is 0 Å². The molecule has 1 aliphatic heterocycles. The molecule has 1 aromatic carbocycles. The van der Waals surface area contributed by atoms with Crippen molar-refractivity contribution < 1.29 is 9.53 Å². The lowest BCUT2D eigenvalue weighted by molar-refractivity contribution is -0.132. The van der Waals surface area contributed by atoms with Crippen LogP contribution in [0.3, 0.4) is 0 Å². The maximum Gasteiger partial charge on any atom is 0.257 e. The Morgan fingerprint density at radius 2 is 2.14 bits per heavy atom. The van der Waals surface area contributed by atoms with Crippen molar-refractivity contribution in [2.24, 2.45) is 0 Å². The van der Waals surface area contributed by atoms with Crippen LogP contribution in [0.25, 0.3) is 11.4 Å². The summed E-state index contributed by atoms with van der Waals surface area (Å²) in [6.45, 7) is 0.662. The van der Waals surface area contributed by atoms with Gasteiger partial charge in [0.05, 0.1) is 0 Å². The molecule has 110 valence electrons. The predicted molar refractivity (Wildman–Crippen MR) is 82.3 cm³/mol. The minimum absolute atomic E-state index is 0.0366. The van der Waals surface area contributed by atoms with Gasteiger partial charge in [0.25, 0.3) is 5.91 Å². The number of hydrogen-bond acceptors (Lipinski definition) is 5. The molecule has 0 aliphatic carbocycles. The van der Waals surface area contributed by atoms with Crippen LogP contribution in [-0.2, 0) is 9.53 Å². The van der Waals surface area contributed by atoms with Crippen molar-refractivity contribution in [2.45, 2.75) is 25.4 Å². The predicted octanol–water partition coefficient (Wildman–Crippen LogP) is 2.74. The molecule has 0 bridgehead atoms. The number of likely N-dealkylation sites (N-methyl/N-ethyl adjacent to an activating group) is 1. The minimum Gasteiger partial charge on any atom is -0.368 e. The van der Waals surface area contributed by atoms with Gasteiger partial charge >= 0.3 is 0 Å². The van der Waals surface area contributed by atoms with E-state index in [-0.39, 0.29) is 12.0 Å². The van der Waals surface area contributed by atoms with Crippen molar-refractivity contribution in [3.8, 4) is 11.4 Å². The summed E-state index contributed by atoms with van der Waals surface area (Å²) in [6.07, 6.45) is 2.51. The number of benzene rings is 1. The highest BCUT2D eigenvalue weighted by Gasteiger charge is 2.27. The van der Waals surface area contributed by atoms with E-state index in [1.54, 1.807) is 11.9 Å². The number of hydrogen-bond donors (Lipinski definition) is 0. The van der Waals surface area contributed by atoms with Crippen LogP contribution in [0.4, 0.5) is 5.13 Å². The summed E-state index contributed by atoms with van der Waals surface area (Å²) in [7, 11) is 1.73. The first-order valence-corrected chi connectivity index (χ1v) is 7.81. The van der Waals surface area contributed by atoms with Crippen molar-refractivity contribution in [2.75, 3.05) is 18.6 Å². The molecular formula is C15H17N3O2S. The highest BCUT2D eigenvalue weighted by Crippen LogP contribution is 2.24. The minimum atomic E-state index is -0.340. The van der Waals surface area contributed by atoms with E-state index in [4.69, 9.17) is 4.74 Å². The zero-order valence-corrected chi connectivity index (χ0v) is 12.7. The summed E-state index contributed by atoms with van der Waals surface area (Å²) in [5.74, 6) is 0.616. The van der Waals surface area contributed by atoms with Crippen molar-refractivity contribution in [3.63, 3.8) is 0 Å². The topological polar surface area (TPSA) is 55.3 Å². The normalized spacial score (nSPS) is 18.4. The summed E-state index contributed by atoms with van der Waals surface area (Å²) in [5.41, 5.74) is 0.953. The Morgan fingerprint density at radius 1 is 1.33 bits per heavy atom. The average molecular weight is 303 g/mol. The standard InChI is InChI=1S/C15H17N3O2S/c1-18(14(19)12-9-5-6-10-20-12)15-16-13(17-21-15)11-7-3-2-4-8-11/h2-4,7-8,12H,5-6,9-10H2,1H3. The number of carbonyl (C=O) groups excluding carboxylic acids is 1. The number of ether oxygens (including phenoxy) is 1. The largest absolute Gasteiger partial charge is 0.368 e. The van der Waals surface area contributed by atoms with Gasteiger partial charge in [0.1, 0.15) is 6.10 Å².